The zero-order valence-electron chi connectivity index (χ0n) is 10.9. The summed E-state index contributed by atoms with van der Waals surface area (Å²) in [4.78, 5) is 14.7. The minimum absolute atomic E-state index is 0.0139. The van der Waals surface area contributed by atoms with E-state index in [9.17, 15) is 9.18 Å². The number of hydrogen-bond donors (Lipinski definition) is 2. The number of thiophene rings is 1. The molecule has 1 amide bonds. The highest BCUT2D eigenvalue weighted by Gasteiger charge is 2.26. The molecule has 1 atom stereocenters. The highest BCUT2D eigenvalue weighted by atomic mass is 32.1. The molecule has 1 aliphatic heterocycles. The molecule has 20 heavy (non-hydrogen) atoms. The van der Waals surface area contributed by atoms with Crippen molar-refractivity contribution >= 4 is 33.0 Å². The van der Waals surface area contributed by atoms with E-state index in [1.165, 1.54) is 17.4 Å². The summed E-state index contributed by atoms with van der Waals surface area (Å²) in [5.74, 6) is -0.524. The summed E-state index contributed by atoms with van der Waals surface area (Å²) in [5, 5.41) is 0.349. The molecule has 106 valence electrons. The Labute approximate surface area is 120 Å². The Hall–Kier alpha value is -1.66. The smallest absolute Gasteiger partial charge is 0.266 e. The van der Waals surface area contributed by atoms with E-state index in [0.717, 1.165) is 12.8 Å². The van der Waals surface area contributed by atoms with Crippen LogP contribution >= 0.6 is 11.3 Å². The molecule has 0 saturated carbocycles. The number of hydrogen-bond acceptors (Lipinski definition) is 4. The van der Waals surface area contributed by atoms with Gasteiger partial charge in [0.05, 0.1) is 11.1 Å². The summed E-state index contributed by atoms with van der Waals surface area (Å²) in [6.45, 7) is 1.22. The van der Waals surface area contributed by atoms with Gasteiger partial charge in [-0.25, -0.2) is 4.39 Å². The van der Waals surface area contributed by atoms with Gasteiger partial charge in [-0.05, 0) is 25.0 Å². The molecule has 2 heterocycles. The van der Waals surface area contributed by atoms with Crippen molar-refractivity contribution in [2.45, 2.75) is 18.9 Å². The Balaban J connectivity index is 1.99. The normalized spacial score (nSPS) is 19.5. The van der Waals surface area contributed by atoms with Crippen LogP contribution in [0.4, 0.5) is 10.1 Å². The minimum atomic E-state index is -0.384. The van der Waals surface area contributed by atoms with E-state index in [-0.39, 0.29) is 23.5 Å². The summed E-state index contributed by atoms with van der Waals surface area (Å²) in [5.41, 5.74) is 12.1. The van der Waals surface area contributed by atoms with Crippen LogP contribution in [0, 0.1) is 5.82 Å². The van der Waals surface area contributed by atoms with Gasteiger partial charge in [0.15, 0.2) is 0 Å². The zero-order chi connectivity index (χ0) is 14.3. The number of amides is 1. The Morgan fingerprint density at radius 2 is 2.25 bits per heavy atom. The highest BCUT2D eigenvalue weighted by Crippen LogP contribution is 2.36. The van der Waals surface area contributed by atoms with Gasteiger partial charge in [-0.1, -0.05) is 6.07 Å². The first-order valence-corrected chi connectivity index (χ1v) is 7.41. The maximum atomic E-state index is 13.8. The van der Waals surface area contributed by atoms with E-state index in [1.807, 2.05) is 0 Å². The predicted molar refractivity (Wildman–Crippen MR) is 79.3 cm³/mol. The fourth-order valence-corrected chi connectivity index (χ4v) is 3.73. The second-order valence-electron chi connectivity index (χ2n) is 5.11. The third-order valence-electron chi connectivity index (χ3n) is 3.64. The van der Waals surface area contributed by atoms with Crippen LogP contribution < -0.4 is 11.5 Å². The number of anilines is 1. The maximum absolute atomic E-state index is 13.8. The van der Waals surface area contributed by atoms with E-state index < -0.39 is 0 Å². The van der Waals surface area contributed by atoms with E-state index in [0.29, 0.717) is 28.1 Å². The first-order valence-electron chi connectivity index (χ1n) is 6.59. The standard InChI is InChI=1S/C14H16FN3OS/c15-9-4-1-5-10-11(9)12(17)13(20-10)14(19)18-6-2-3-8(16)7-18/h1,4-5,8H,2-3,6-7,16-17H2. The summed E-state index contributed by atoms with van der Waals surface area (Å²) >= 11 is 1.24. The van der Waals surface area contributed by atoms with Crippen LogP contribution in [0.15, 0.2) is 18.2 Å². The molecule has 4 N–H and O–H groups in total. The van der Waals surface area contributed by atoms with Gasteiger partial charge < -0.3 is 16.4 Å². The zero-order valence-corrected chi connectivity index (χ0v) is 11.8. The fraction of sp³-hybridized carbons (Fsp3) is 0.357. The molecule has 0 radical (unpaired) electrons. The molecule has 3 rings (SSSR count). The number of carbonyl (C=O) groups excluding carboxylic acids is 1. The van der Waals surface area contributed by atoms with Crippen LogP contribution in [0.1, 0.15) is 22.5 Å². The highest BCUT2D eigenvalue weighted by molar-refractivity contribution is 7.21. The Kier molecular flexibility index (Phi) is 3.35. The van der Waals surface area contributed by atoms with E-state index >= 15 is 0 Å². The number of nitrogen functional groups attached to an aromatic ring is 1. The van der Waals surface area contributed by atoms with Crippen molar-refractivity contribution in [1.82, 2.24) is 4.90 Å². The number of likely N-dealkylation sites (tertiary alicyclic amines) is 1. The summed E-state index contributed by atoms with van der Waals surface area (Å²) < 4.78 is 14.5. The number of nitrogens with two attached hydrogens (primary N) is 2. The van der Waals surface area contributed by atoms with Gasteiger partial charge in [-0.15, -0.1) is 11.3 Å². The molecule has 1 aromatic heterocycles. The Morgan fingerprint density at radius 3 is 2.95 bits per heavy atom. The molecule has 4 nitrogen and oxygen atoms in total. The molecule has 1 aromatic carbocycles. The van der Waals surface area contributed by atoms with Gasteiger partial charge in [0, 0.05) is 23.8 Å². The maximum Gasteiger partial charge on any atom is 0.266 e. The van der Waals surface area contributed by atoms with Crippen molar-refractivity contribution in [2.75, 3.05) is 18.8 Å². The molecule has 0 aliphatic carbocycles. The fourth-order valence-electron chi connectivity index (χ4n) is 2.63. The van der Waals surface area contributed by atoms with Crippen LogP contribution in [0.5, 0.6) is 0 Å². The molecule has 0 spiro atoms. The van der Waals surface area contributed by atoms with Crippen molar-refractivity contribution < 1.29 is 9.18 Å². The van der Waals surface area contributed by atoms with Crippen LogP contribution in [0.2, 0.25) is 0 Å². The molecule has 2 aromatic rings. The minimum Gasteiger partial charge on any atom is -0.397 e. The number of piperidine rings is 1. The monoisotopic (exact) mass is 293 g/mol. The van der Waals surface area contributed by atoms with Gasteiger partial charge >= 0.3 is 0 Å². The molecule has 1 aliphatic rings. The molecule has 1 fully saturated rings. The van der Waals surface area contributed by atoms with Crippen molar-refractivity contribution in [3.05, 3.63) is 28.9 Å². The van der Waals surface area contributed by atoms with Gasteiger partial charge in [0.1, 0.15) is 10.7 Å². The van der Waals surface area contributed by atoms with E-state index in [2.05, 4.69) is 0 Å². The second-order valence-corrected chi connectivity index (χ2v) is 6.16. The van der Waals surface area contributed by atoms with Gasteiger partial charge in [-0.2, -0.15) is 0 Å². The topological polar surface area (TPSA) is 72.4 Å². The third-order valence-corrected chi connectivity index (χ3v) is 4.80. The summed E-state index contributed by atoms with van der Waals surface area (Å²) in [6.07, 6.45) is 1.83. The molecule has 0 bridgehead atoms. The van der Waals surface area contributed by atoms with Gasteiger partial charge in [0.2, 0.25) is 0 Å². The number of fused-ring (bicyclic) bond motifs is 1. The lowest BCUT2D eigenvalue weighted by Gasteiger charge is -2.30. The predicted octanol–water partition coefficient (Wildman–Crippen LogP) is 2.19. The number of benzene rings is 1. The Bertz CT molecular complexity index is 670. The first-order chi connectivity index (χ1) is 9.58. The lowest BCUT2D eigenvalue weighted by atomic mass is 10.1. The number of carbonyl (C=O) groups is 1. The van der Waals surface area contributed by atoms with Crippen LogP contribution in [0.3, 0.4) is 0 Å². The molecule has 1 unspecified atom stereocenters. The molecular weight excluding hydrogens is 277 g/mol. The Morgan fingerprint density at radius 1 is 1.45 bits per heavy atom. The third kappa shape index (κ3) is 2.14. The number of rotatable bonds is 1. The lowest BCUT2D eigenvalue weighted by molar-refractivity contribution is 0.0715. The van der Waals surface area contributed by atoms with Gasteiger partial charge in [-0.3, -0.25) is 4.79 Å². The van der Waals surface area contributed by atoms with Crippen LogP contribution in [0.25, 0.3) is 10.1 Å². The lowest BCUT2D eigenvalue weighted by Crippen LogP contribution is -2.45. The van der Waals surface area contributed by atoms with Crippen molar-refractivity contribution in [3.8, 4) is 0 Å². The first kappa shape index (κ1) is 13.3. The van der Waals surface area contributed by atoms with Crippen LogP contribution in [-0.4, -0.2) is 29.9 Å². The largest absolute Gasteiger partial charge is 0.397 e. The van der Waals surface area contributed by atoms with E-state index in [4.69, 9.17) is 11.5 Å². The van der Waals surface area contributed by atoms with E-state index in [1.54, 1.807) is 17.0 Å². The molecule has 6 heteroatoms. The number of halogens is 1. The summed E-state index contributed by atoms with van der Waals surface area (Å²) in [6, 6.07) is 4.77. The quantitative estimate of drug-likeness (QED) is 0.846. The van der Waals surface area contributed by atoms with Crippen LogP contribution in [-0.2, 0) is 0 Å². The number of nitrogens with zero attached hydrogens (tertiary/aromatic N) is 1. The van der Waals surface area contributed by atoms with Crippen molar-refractivity contribution in [1.29, 1.82) is 0 Å². The average Bonchev–Trinajstić information content (AvgIpc) is 2.76. The van der Waals surface area contributed by atoms with Crippen molar-refractivity contribution in [2.24, 2.45) is 5.73 Å². The second kappa shape index (κ2) is 5.03. The molecule has 1 saturated heterocycles. The van der Waals surface area contributed by atoms with Gasteiger partial charge in [0.25, 0.3) is 5.91 Å². The SMILES string of the molecule is Nc1c(C(=O)N2CCCC(N)C2)sc2cccc(F)c12. The summed E-state index contributed by atoms with van der Waals surface area (Å²) in [7, 11) is 0. The molecular formula is C14H16FN3OS. The van der Waals surface area contributed by atoms with Crippen molar-refractivity contribution in [3.63, 3.8) is 0 Å². The average molecular weight is 293 g/mol.